The Hall–Kier alpha value is -2.01. The summed E-state index contributed by atoms with van der Waals surface area (Å²) in [4.78, 5) is 0. The largest absolute Gasteiger partial charge is 0.438 e. The third-order valence-corrected chi connectivity index (χ3v) is 2.59. The first-order valence-electron chi connectivity index (χ1n) is 6.60. The van der Waals surface area contributed by atoms with Gasteiger partial charge in [0.25, 0.3) is 0 Å². The van der Waals surface area contributed by atoms with Gasteiger partial charge in [-0.1, -0.05) is 13.8 Å². The molecule has 4 nitrogen and oxygen atoms in total. The minimum absolute atomic E-state index is 0.296. The number of rotatable bonds is 6. The molecule has 0 aliphatic carbocycles. The van der Waals surface area contributed by atoms with Crippen molar-refractivity contribution >= 4 is 0 Å². The van der Waals surface area contributed by atoms with Crippen LogP contribution < -0.4 is 10.1 Å². The van der Waals surface area contributed by atoms with Gasteiger partial charge in [0.15, 0.2) is 0 Å². The zero-order chi connectivity index (χ0) is 14.4. The van der Waals surface area contributed by atoms with Crippen molar-refractivity contribution in [1.82, 2.24) is 15.5 Å². The number of hydrogen-bond donors (Lipinski definition) is 1. The Bertz CT molecular complexity index is 526. The Morgan fingerprint density at radius 3 is 2.45 bits per heavy atom. The molecule has 2 aromatic rings. The van der Waals surface area contributed by atoms with Gasteiger partial charge in [0.2, 0.25) is 5.88 Å². The molecule has 0 aliphatic heterocycles. The van der Waals surface area contributed by atoms with E-state index in [1.165, 1.54) is 12.1 Å². The van der Waals surface area contributed by atoms with E-state index in [1.54, 1.807) is 18.2 Å². The molecule has 0 fully saturated rings. The van der Waals surface area contributed by atoms with Gasteiger partial charge in [0.1, 0.15) is 11.6 Å². The van der Waals surface area contributed by atoms with E-state index in [2.05, 4.69) is 29.4 Å². The fourth-order valence-electron chi connectivity index (χ4n) is 1.61. The minimum Gasteiger partial charge on any atom is -0.438 e. The van der Waals surface area contributed by atoms with Crippen LogP contribution in [0.25, 0.3) is 0 Å². The maximum absolute atomic E-state index is 12.8. The second-order valence-corrected chi connectivity index (χ2v) is 4.94. The molecule has 1 aromatic carbocycles. The summed E-state index contributed by atoms with van der Waals surface area (Å²) in [7, 11) is 0. The van der Waals surface area contributed by atoms with Crippen LogP contribution in [-0.2, 0) is 6.54 Å². The van der Waals surface area contributed by atoms with Crippen LogP contribution in [0, 0.1) is 11.7 Å². The Morgan fingerprint density at radius 2 is 1.85 bits per heavy atom. The van der Waals surface area contributed by atoms with Gasteiger partial charge in [-0.3, -0.25) is 0 Å². The van der Waals surface area contributed by atoms with Gasteiger partial charge in [-0.15, -0.1) is 5.10 Å². The number of halogens is 1. The molecule has 0 unspecified atom stereocenters. The zero-order valence-corrected chi connectivity index (χ0v) is 11.6. The summed E-state index contributed by atoms with van der Waals surface area (Å²) in [6.45, 7) is 5.92. The monoisotopic (exact) mass is 275 g/mol. The van der Waals surface area contributed by atoms with Crippen LogP contribution in [0.1, 0.15) is 19.5 Å². The molecule has 106 valence electrons. The highest BCUT2D eigenvalue weighted by molar-refractivity contribution is 5.26. The number of aromatic nitrogens is 2. The normalized spacial score (nSPS) is 10.8. The lowest BCUT2D eigenvalue weighted by atomic mass is 10.2. The lowest BCUT2D eigenvalue weighted by Gasteiger charge is -2.07. The molecule has 0 spiro atoms. The van der Waals surface area contributed by atoms with Crippen molar-refractivity contribution in [2.45, 2.75) is 20.4 Å². The molecular weight excluding hydrogens is 257 g/mol. The Morgan fingerprint density at radius 1 is 1.10 bits per heavy atom. The van der Waals surface area contributed by atoms with Crippen molar-refractivity contribution in [3.8, 4) is 11.6 Å². The minimum atomic E-state index is -0.296. The van der Waals surface area contributed by atoms with Crippen LogP contribution in [0.2, 0.25) is 0 Å². The number of ether oxygens (including phenoxy) is 1. The second kappa shape index (κ2) is 6.96. The first-order valence-corrected chi connectivity index (χ1v) is 6.60. The van der Waals surface area contributed by atoms with Gasteiger partial charge < -0.3 is 10.1 Å². The van der Waals surface area contributed by atoms with Crippen molar-refractivity contribution in [1.29, 1.82) is 0 Å². The van der Waals surface area contributed by atoms with Gasteiger partial charge in [-0.05, 0) is 42.8 Å². The molecule has 0 amide bonds. The number of nitrogens with one attached hydrogen (secondary N) is 1. The molecule has 0 aliphatic rings. The molecule has 20 heavy (non-hydrogen) atoms. The van der Waals surface area contributed by atoms with Crippen LogP contribution in [0.5, 0.6) is 11.6 Å². The van der Waals surface area contributed by atoms with E-state index in [0.717, 1.165) is 12.2 Å². The molecule has 0 atom stereocenters. The third-order valence-electron chi connectivity index (χ3n) is 2.59. The molecule has 1 aromatic heterocycles. The van der Waals surface area contributed by atoms with E-state index in [1.807, 2.05) is 6.07 Å². The van der Waals surface area contributed by atoms with Gasteiger partial charge in [0, 0.05) is 12.6 Å². The van der Waals surface area contributed by atoms with Gasteiger partial charge >= 0.3 is 0 Å². The highest BCUT2D eigenvalue weighted by Gasteiger charge is 2.01. The molecule has 1 N–H and O–H groups in total. The Labute approximate surface area is 118 Å². The number of nitrogens with zero attached hydrogens (tertiary/aromatic N) is 2. The molecular formula is C15H18FN3O. The van der Waals surface area contributed by atoms with Crippen molar-refractivity contribution < 1.29 is 9.13 Å². The van der Waals surface area contributed by atoms with Crippen LogP contribution >= 0.6 is 0 Å². The summed E-state index contributed by atoms with van der Waals surface area (Å²) in [5.41, 5.74) is 0.858. The van der Waals surface area contributed by atoms with E-state index >= 15 is 0 Å². The average Bonchev–Trinajstić information content (AvgIpc) is 2.43. The van der Waals surface area contributed by atoms with Crippen molar-refractivity contribution in [2.24, 2.45) is 5.92 Å². The highest BCUT2D eigenvalue weighted by Crippen LogP contribution is 2.18. The molecule has 0 bridgehead atoms. The second-order valence-electron chi connectivity index (χ2n) is 4.94. The Kier molecular flexibility index (Phi) is 5.01. The standard InChI is InChI=1S/C15H18FN3O/c1-11(2)9-17-10-13-5-8-15(19-18-13)20-14-6-3-12(16)4-7-14/h3-8,11,17H,9-10H2,1-2H3. The predicted molar refractivity (Wildman–Crippen MR) is 75.1 cm³/mol. The Balaban J connectivity index is 1.89. The van der Waals surface area contributed by atoms with E-state index < -0.39 is 0 Å². The maximum Gasteiger partial charge on any atom is 0.238 e. The van der Waals surface area contributed by atoms with E-state index in [-0.39, 0.29) is 5.82 Å². The number of hydrogen-bond acceptors (Lipinski definition) is 4. The first-order chi connectivity index (χ1) is 9.63. The lowest BCUT2D eigenvalue weighted by molar-refractivity contribution is 0.451. The smallest absolute Gasteiger partial charge is 0.238 e. The van der Waals surface area contributed by atoms with E-state index in [4.69, 9.17) is 4.74 Å². The summed E-state index contributed by atoms with van der Waals surface area (Å²) in [6.07, 6.45) is 0. The van der Waals surface area contributed by atoms with Gasteiger partial charge in [-0.25, -0.2) is 4.39 Å². The fourth-order valence-corrected chi connectivity index (χ4v) is 1.61. The van der Waals surface area contributed by atoms with Crippen molar-refractivity contribution in [2.75, 3.05) is 6.54 Å². The highest BCUT2D eigenvalue weighted by atomic mass is 19.1. The summed E-state index contributed by atoms with van der Waals surface area (Å²) < 4.78 is 18.2. The average molecular weight is 275 g/mol. The fraction of sp³-hybridized carbons (Fsp3) is 0.333. The van der Waals surface area contributed by atoms with E-state index in [9.17, 15) is 4.39 Å². The maximum atomic E-state index is 12.8. The topological polar surface area (TPSA) is 47.0 Å². The summed E-state index contributed by atoms with van der Waals surface area (Å²) >= 11 is 0. The predicted octanol–water partition coefficient (Wildman–Crippen LogP) is 3.15. The first kappa shape index (κ1) is 14.4. The van der Waals surface area contributed by atoms with Crippen molar-refractivity contribution in [3.63, 3.8) is 0 Å². The van der Waals surface area contributed by atoms with Crippen molar-refractivity contribution in [3.05, 3.63) is 47.9 Å². The van der Waals surface area contributed by atoms with Gasteiger partial charge in [-0.2, -0.15) is 5.10 Å². The molecule has 0 saturated heterocycles. The van der Waals surface area contributed by atoms with Crippen LogP contribution in [0.15, 0.2) is 36.4 Å². The summed E-state index contributed by atoms with van der Waals surface area (Å²) in [6, 6.07) is 9.39. The van der Waals surface area contributed by atoms with Crippen LogP contribution in [0.3, 0.4) is 0 Å². The SMILES string of the molecule is CC(C)CNCc1ccc(Oc2ccc(F)cc2)nn1. The quantitative estimate of drug-likeness (QED) is 0.879. The molecule has 1 heterocycles. The molecule has 0 radical (unpaired) electrons. The van der Waals surface area contributed by atoms with E-state index in [0.29, 0.717) is 24.1 Å². The molecule has 5 heteroatoms. The van der Waals surface area contributed by atoms with Gasteiger partial charge in [0.05, 0.1) is 5.69 Å². The molecule has 0 saturated carbocycles. The van der Waals surface area contributed by atoms with Crippen LogP contribution in [0.4, 0.5) is 4.39 Å². The summed E-state index contributed by atoms with van der Waals surface area (Å²) in [5, 5.41) is 11.4. The molecule has 2 rings (SSSR count). The lowest BCUT2D eigenvalue weighted by Crippen LogP contribution is -2.19. The summed E-state index contributed by atoms with van der Waals surface area (Å²) in [5.74, 6) is 1.23. The number of benzene rings is 1. The third kappa shape index (κ3) is 4.59. The van der Waals surface area contributed by atoms with Crippen LogP contribution in [-0.4, -0.2) is 16.7 Å². The zero-order valence-electron chi connectivity index (χ0n) is 11.6.